The molecule has 0 heterocycles. The summed E-state index contributed by atoms with van der Waals surface area (Å²) in [7, 11) is 10.4. The summed E-state index contributed by atoms with van der Waals surface area (Å²) in [5.41, 5.74) is 0.562. The predicted octanol–water partition coefficient (Wildman–Crippen LogP) is 7.20. The van der Waals surface area contributed by atoms with Gasteiger partial charge >= 0.3 is 203 Å². The second kappa shape index (κ2) is 11.5. The summed E-state index contributed by atoms with van der Waals surface area (Å²) in [6, 6.07) is 26.2. The Morgan fingerprint density at radius 2 is 1.25 bits per heavy atom. The SMILES string of the molecule is O=C(C[CH2][Ge]([Cl])([Cl])[Cl])NC(c1ccccc1)P(=O)(Oc1ccccc1)Oc1ccccc1. The zero-order valence-electron chi connectivity index (χ0n) is 16.9. The summed E-state index contributed by atoms with van der Waals surface area (Å²) in [5, 5.41) is 2.97. The monoisotopic (exact) mass is 573 g/mol. The van der Waals surface area contributed by atoms with Crippen molar-refractivity contribution in [1.29, 1.82) is 0 Å². The van der Waals surface area contributed by atoms with Crippen LogP contribution in [0.15, 0.2) is 91.0 Å². The summed E-state index contributed by atoms with van der Waals surface area (Å²) >= 11 is 0. The molecule has 0 aliphatic rings. The average molecular weight is 573 g/mol. The molecule has 3 rings (SSSR count). The Labute approximate surface area is 202 Å². The van der Waals surface area contributed by atoms with Crippen molar-refractivity contribution in [2.24, 2.45) is 0 Å². The van der Waals surface area contributed by atoms with E-state index < -0.39 is 29.8 Å². The van der Waals surface area contributed by atoms with Gasteiger partial charge in [-0.1, -0.05) is 0 Å². The van der Waals surface area contributed by atoms with E-state index in [4.69, 9.17) is 39.1 Å². The van der Waals surface area contributed by atoms with Crippen LogP contribution in [0.25, 0.3) is 0 Å². The molecule has 10 heteroatoms. The van der Waals surface area contributed by atoms with Crippen LogP contribution in [0.4, 0.5) is 0 Å². The first-order valence-corrected chi connectivity index (χ1v) is 21.1. The van der Waals surface area contributed by atoms with Gasteiger partial charge in [-0.15, -0.1) is 0 Å². The number of carbonyl (C=O) groups is 1. The molecule has 0 bridgehead atoms. The molecule has 0 saturated heterocycles. The number of amides is 1. The van der Waals surface area contributed by atoms with E-state index in [1.54, 1.807) is 72.8 Å². The zero-order chi connectivity index (χ0) is 23.0. The third-order valence-corrected chi connectivity index (χ3v) is 11.0. The Kier molecular flexibility index (Phi) is 8.97. The second-order valence-electron chi connectivity index (χ2n) is 6.84. The third-order valence-electron chi connectivity index (χ3n) is 4.32. The average Bonchev–Trinajstić information content (AvgIpc) is 2.77. The maximum atomic E-state index is 14.3. The van der Waals surface area contributed by atoms with E-state index in [1.165, 1.54) is 0 Å². The number of hydrogen-bond acceptors (Lipinski definition) is 4. The van der Waals surface area contributed by atoms with Gasteiger partial charge in [0.15, 0.2) is 0 Å². The van der Waals surface area contributed by atoms with Gasteiger partial charge in [0.1, 0.15) is 0 Å². The van der Waals surface area contributed by atoms with Gasteiger partial charge in [-0.3, -0.25) is 0 Å². The molecule has 1 unspecified atom stereocenters. The van der Waals surface area contributed by atoms with Crippen molar-refractivity contribution in [3.05, 3.63) is 96.6 Å². The summed E-state index contributed by atoms with van der Waals surface area (Å²) in [4.78, 5) is 12.7. The molecule has 32 heavy (non-hydrogen) atoms. The van der Waals surface area contributed by atoms with Gasteiger partial charge in [-0.05, 0) is 0 Å². The molecule has 0 saturated carbocycles. The Hall–Kier alpha value is -1.63. The molecule has 0 spiro atoms. The topological polar surface area (TPSA) is 64.6 Å². The van der Waals surface area contributed by atoms with Crippen molar-refractivity contribution in [1.82, 2.24) is 5.32 Å². The zero-order valence-corrected chi connectivity index (χ0v) is 22.1. The first-order chi connectivity index (χ1) is 15.3. The normalized spacial score (nSPS) is 12.6. The van der Waals surface area contributed by atoms with Crippen LogP contribution < -0.4 is 14.4 Å². The number of hydrogen-bond donors (Lipinski definition) is 1. The number of carbonyl (C=O) groups excluding carboxylic acids is 1. The Morgan fingerprint density at radius 1 is 0.812 bits per heavy atom. The fourth-order valence-corrected chi connectivity index (χ4v) is 7.30. The summed E-state index contributed by atoms with van der Waals surface area (Å²) in [5.74, 6) is -0.805. The minimum atomic E-state index is -4.03. The summed E-state index contributed by atoms with van der Waals surface area (Å²) < 4.78 is 26.1. The van der Waals surface area contributed by atoms with Crippen molar-refractivity contribution in [2.75, 3.05) is 0 Å². The third kappa shape index (κ3) is 7.75. The summed E-state index contributed by atoms with van der Waals surface area (Å²) in [6.07, 6.45) is -0.00346. The van der Waals surface area contributed by atoms with Crippen LogP contribution in [-0.4, -0.2) is 16.4 Å². The molecule has 0 radical (unpaired) electrons. The fraction of sp³-hybridized carbons (Fsp3) is 0.136. The predicted molar refractivity (Wildman–Crippen MR) is 132 cm³/mol. The van der Waals surface area contributed by atoms with Crippen molar-refractivity contribution < 1.29 is 18.4 Å². The van der Waals surface area contributed by atoms with Crippen LogP contribution >= 0.6 is 37.6 Å². The molecule has 1 amide bonds. The molecule has 0 aromatic heterocycles. The van der Waals surface area contributed by atoms with Gasteiger partial charge in [0, 0.05) is 0 Å². The van der Waals surface area contributed by atoms with Crippen LogP contribution in [0, 0.1) is 0 Å². The maximum absolute atomic E-state index is 14.3. The number of rotatable bonds is 10. The summed E-state index contributed by atoms with van der Waals surface area (Å²) in [6.45, 7) is 0. The van der Waals surface area contributed by atoms with Crippen LogP contribution in [0.3, 0.4) is 0 Å². The van der Waals surface area contributed by atoms with Crippen molar-refractivity contribution in [3.63, 3.8) is 0 Å². The molecule has 168 valence electrons. The molecule has 5 nitrogen and oxygen atoms in total. The molecule has 0 aliphatic carbocycles. The fourth-order valence-electron chi connectivity index (χ4n) is 2.84. The molecule has 1 atom stereocenters. The standard InChI is InChI=1S/C22H21Cl3GeNO4P/c23-26(24,25)17-16-21(28)27-22(18-10-4-1-5-11-18)32(29,30-19-12-6-2-7-13-19)31-20-14-8-3-9-15-20/h1-15,22H,16-17H2,(H,27,28). The van der Waals surface area contributed by atoms with Gasteiger partial charge in [-0.2, -0.15) is 0 Å². The Balaban J connectivity index is 1.98. The molecule has 0 fully saturated rings. The Morgan fingerprint density at radius 3 is 1.69 bits per heavy atom. The number of benzene rings is 3. The van der Waals surface area contributed by atoms with Crippen molar-refractivity contribution in [2.45, 2.75) is 17.5 Å². The van der Waals surface area contributed by atoms with Gasteiger partial charge in [0.05, 0.1) is 0 Å². The van der Waals surface area contributed by atoms with E-state index in [1.807, 2.05) is 18.2 Å². The van der Waals surface area contributed by atoms with Crippen molar-refractivity contribution in [3.8, 4) is 11.5 Å². The van der Waals surface area contributed by atoms with Crippen LogP contribution in [0.2, 0.25) is 5.25 Å². The van der Waals surface area contributed by atoms with E-state index in [0.29, 0.717) is 17.1 Å². The van der Waals surface area contributed by atoms with E-state index in [9.17, 15) is 9.36 Å². The number of halogens is 3. The molecular weight excluding hydrogens is 552 g/mol. The molecule has 3 aromatic carbocycles. The molecule has 1 N–H and O–H groups in total. The molecular formula is C22H21Cl3GeNO4P. The van der Waals surface area contributed by atoms with E-state index >= 15 is 0 Å². The van der Waals surface area contributed by atoms with E-state index in [0.717, 1.165) is 0 Å². The van der Waals surface area contributed by atoms with Gasteiger partial charge in [-0.25, -0.2) is 0 Å². The van der Waals surface area contributed by atoms with Crippen molar-refractivity contribution >= 4 is 54.0 Å². The number of nitrogens with one attached hydrogen (secondary N) is 1. The van der Waals surface area contributed by atoms with Gasteiger partial charge in [0.2, 0.25) is 0 Å². The van der Waals surface area contributed by atoms with E-state index in [2.05, 4.69) is 5.32 Å². The quantitative estimate of drug-likeness (QED) is 0.206. The van der Waals surface area contributed by atoms with E-state index in [-0.39, 0.29) is 11.7 Å². The molecule has 3 aromatic rings. The van der Waals surface area contributed by atoms with Gasteiger partial charge < -0.3 is 0 Å². The number of para-hydroxylation sites is 2. The Bertz CT molecular complexity index is 1010. The van der Waals surface area contributed by atoms with Crippen LogP contribution in [-0.2, 0) is 9.36 Å². The second-order valence-corrected chi connectivity index (χ2v) is 25.5. The van der Waals surface area contributed by atoms with Crippen LogP contribution in [0.5, 0.6) is 11.5 Å². The first kappa shape index (κ1) is 25.0. The molecule has 0 aliphatic heterocycles. The van der Waals surface area contributed by atoms with Gasteiger partial charge in [0.25, 0.3) is 0 Å². The first-order valence-electron chi connectivity index (χ1n) is 9.75. The minimum absolute atomic E-state index is 0.00346. The van der Waals surface area contributed by atoms with Crippen LogP contribution in [0.1, 0.15) is 17.8 Å².